The molecule has 0 heterocycles. The lowest BCUT2D eigenvalue weighted by Gasteiger charge is -2.09. The van der Waals surface area contributed by atoms with Gasteiger partial charge in [-0.25, -0.2) is 0 Å². The van der Waals surface area contributed by atoms with Crippen molar-refractivity contribution in [3.05, 3.63) is 72.3 Å². The van der Waals surface area contributed by atoms with Crippen molar-refractivity contribution >= 4 is 11.3 Å². The molecule has 0 unspecified atom stereocenters. The van der Waals surface area contributed by atoms with Crippen molar-refractivity contribution < 1.29 is 0 Å². The van der Waals surface area contributed by atoms with Crippen molar-refractivity contribution in [3.8, 4) is 11.1 Å². The molecule has 20 heavy (non-hydrogen) atoms. The summed E-state index contributed by atoms with van der Waals surface area (Å²) >= 11 is 0. The van der Waals surface area contributed by atoms with E-state index >= 15 is 0 Å². The predicted molar refractivity (Wildman–Crippen MR) is 89.4 cm³/mol. The molecule has 0 fully saturated rings. The van der Waals surface area contributed by atoms with E-state index in [1.165, 1.54) is 11.1 Å². The minimum Gasteiger partial charge on any atom is -0.399 e. The van der Waals surface area contributed by atoms with E-state index in [0.29, 0.717) is 0 Å². The van der Waals surface area contributed by atoms with Crippen LogP contribution in [0.2, 0.25) is 0 Å². The van der Waals surface area contributed by atoms with E-state index in [4.69, 9.17) is 5.73 Å². The van der Waals surface area contributed by atoms with Crippen molar-refractivity contribution in [1.29, 1.82) is 0 Å². The van der Waals surface area contributed by atoms with Crippen LogP contribution < -0.4 is 5.73 Å². The number of allylic oxidation sites excluding steroid dienone is 4. The Labute approximate surface area is 121 Å². The molecular weight excluding hydrogens is 242 g/mol. The molecule has 0 atom stereocenters. The van der Waals surface area contributed by atoms with Crippen molar-refractivity contribution in [3.63, 3.8) is 0 Å². The topological polar surface area (TPSA) is 26.0 Å². The van der Waals surface area contributed by atoms with E-state index in [1.54, 1.807) is 0 Å². The summed E-state index contributed by atoms with van der Waals surface area (Å²) in [5.74, 6) is 0. The standard InChI is InChI=1S/C19H21N/c1-3-5-9-15(4-2)17-12-18(14-19(20)13-17)16-10-7-6-8-11-16/h4-14H,3,20H2,1-2H3/b9-5-,15-4+. The molecular formula is C19H21N. The first kappa shape index (κ1) is 14.1. The van der Waals surface area contributed by atoms with Crippen LogP contribution in [0.1, 0.15) is 25.8 Å². The molecule has 2 aromatic rings. The maximum atomic E-state index is 6.07. The van der Waals surface area contributed by atoms with E-state index in [-0.39, 0.29) is 0 Å². The Hall–Kier alpha value is -2.28. The van der Waals surface area contributed by atoms with Gasteiger partial charge in [-0.2, -0.15) is 0 Å². The zero-order chi connectivity index (χ0) is 14.4. The lowest BCUT2D eigenvalue weighted by atomic mass is 9.97. The van der Waals surface area contributed by atoms with Crippen LogP contribution in [0.5, 0.6) is 0 Å². The Morgan fingerprint density at radius 2 is 1.80 bits per heavy atom. The highest BCUT2D eigenvalue weighted by Crippen LogP contribution is 2.27. The van der Waals surface area contributed by atoms with Crippen LogP contribution in [0.15, 0.2) is 66.8 Å². The summed E-state index contributed by atoms with van der Waals surface area (Å²) in [7, 11) is 0. The van der Waals surface area contributed by atoms with Crippen LogP contribution in [0.4, 0.5) is 5.69 Å². The molecule has 0 spiro atoms. The summed E-state index contributed by atoms with van der Waals surface area (Å²) in [6.45, 7) is 4.19. The highest BCUT2D eigenvalue weighted by atomic mass is 14.5. The number of nitrogen functional groups attached to an aromatic ring is 1. The number of hydrogen-bond acceptors (Lipinski definition) is 1. The fourth-order valence-corrected chi connectivity index (χ4v) is 2.22. The number of rotatable bonds is 4. The molecule has 0 radical (unpaired) electrons. The molecule has 1 heteroatoms. The smallest absolute Gasteiger partial charge is 0.0326 e. The fraction of sp³-hybridized carbons (Fsp3) is 0.158. The van der Waals surface area contributed by atoms with Crippen molar-refractivity contribution in [2.75, 3.05) is 5.73 Å². The maximum absolute atomic E-state index is 6.07. The molecule has 1 nitrogen and oxygen atoms in total. The number of benzene rings is 2. The average molecular weight is 263 g/mol. The predicted octanol–water partition coefficient (Wildman–Crippen LogP) is 5.31. The van der Waals surface area contributed by atoms with Gasteiger partial charge in [0, 0.05) is 5.69 Å². The van der Waals surface area contributed by atoms with Gasteiger partial charge in [-0.15, -0.1) is 0 Å². The molecule has 0 aromatic heterocycles. The largest absolute Gasteiger partial charge is 0.399 e. The van der Waals surface area contributed by atoms with Crippen LogP contribution in [0.25, 0.3) is 16.7 Å². The minimum atomic E-state index is 0.797. The first-order valence-corrected chi connectivity index (χ1v) is 7.03. The summed E-state index contributed by atoms with van der Waals surface area (Å²) in [6.07, 6.45) is 7.48. The summed E-state index contributed by atoms with van der Waals surface area (Å²) in [4.78, 5) is 0. The third-order valence-corrected chi connectivity index (χ3v) is 3.24. The molecule has 0 bridgehead atoms. The van der Waals surface area contributed by atoms with Gasteiger partial charge in [0.2, 0.25) is 0 Å². The molecule has 0 saturated carbocycles. The first-order valence-electron chi connectivity index (χ1n) is 7.03. The van der Waals surface area contributed by atoms with E-state index in [0.717, 1.165) is 23.2 Å². The molecule has 0 amide bonds. The monoisotopic (exact) mass is 263 g/mol. The summed E-state index contributed by atoms with van der Waals surface area (Å²) < 4.78 is 0. The normalized spacial score (nSPS) is 12.0. The molecule has 0 aliphatic carbocycles. The quantitative estimate of drug-likeness (QED) is 0.587. The number of hydrogen-bond donors (Lipinski definition) is 1. The Morgan fingerprint density at radius 1 is 1.05 bits per heavy atom. The van der Waals surface area contributed by atoms with Gasteiger partial charge in [-0.05, 0) is 53.8 Å². The van der Waals surface area contributed by atoms with Crippen molar-refractivity contribution in [2.24, 2.45) is 0 Å². The van der Waals surface area contributed by atoms with Crippen LogP contribution in [-0.2, 0) is 0 Å². The molecule has 0 saturated heterocycles. The van der Waals surface area contributed by atoms with Gasteiger partial charge >= 0.3 is 0 Å². The van der Waals surface area contributed by atoms with E-state index in [9.17, 15) is 0 Å². The molecule has 2 rings (SSSR count). The van der Waals surface area contributed by atoms with Crippen molar-refractivity contribution in [1.82, 2.24) is 0 Å². The van der Waals surface area contributed by atoms with Gasteiger partial charge in [0.25, 0.3) is 0 Å². The van der Waals surface area contributed by atoms with Gasteiger partial charge in [0.1, 0.15) is 0 Å². The van der Waals surface area contributed by atoms with E-state index in [1.807, 2.05) is 30.3 Å². The van der Waals surface area contributed by atoms with Gasteiger partial charge in [0.15, 0.2) is 0 Å². The van der Waals surface area contributed by atoms with Crippen LogP contribution in [0, 0.1) is 0 Å². The van der Waals surface area contributed by atoms with E-state index < -0.39 is 0 Å². The Bertz CT molecular complexity index is 621. The van der Waals surface area contributed by atoms with Gasteiger partial charge < -0.3 is 5.73 Å². The van der Waals surface area contributed by atoms with Crippen LogP contribution in [-0.4, -0.2) is 0 Å². The maximum Gasteiger partial charge on any atom is 0.0326 e. The summed E-state index contributed by atoms with van der Waals surface area (Å²) in [5, 5.41) is 0. The minimum absolute atomic E-state index is 0.797. The second kappa shape index (κ2) is 6.76. The molecule has 102 valence electrons. The Morgan fingerprint density at radius 3 is 2.45 bits per heavy atom. The zero-order valence-electron chi connectivity index (χ0n) is 12.1. The lowest BCUT2D eigenvalue weighted by molar-refractivity contribution is 1.22. The number of nitrogens with two attached hydrogens (primary N) is 1. The highest BCUT2D eigenvalue weighted by Gasteiger charge is 2.03. The van der Waals surface area contributed by atoms with Crippen LogP contribution >= 0.6 is 0 Å². The Kier molecular flexibility index (Phi) is 4.78. The summed E-state index contributed by atoms with van der Waals surface area (Å²) in [6, 6.07) is 16.6. The van der Waals surface area contributed by atoms with Crippen LogP contribution in [0.3, 0.4) is 0 Å². The van der Waals surface area contributed by atoms with Crippen molar-refractivity contribution in [2.45, 2.75) is 20.3 Å². The second-order valence-electron chi connectivity index (χ2n) is 4.76. The van der Waals surface area contributed by atoms with E-state index in [2.05, 4.69) is 50.3 Å². The molecule has 2 N–H and O–H groups in total. The molecule has 0 aliphatic heterocycles. The average Bonchev–Trinajstić information content (AvgIpc) is 2.48. The SMILES string of the molecule is C/C=C(\C=C/CC)c1cc(N)cc(-c2ccccc2)c1. The molecule has 2 aromatic carbocycles. The number of anilines is 1. The zero-order valence-corrected chi connectivity index (χ0v) is 12.1. The fourth-order valence-electron chi connectivity index (χ4n) is 2.22. The molecule has 0 aliphatic rings. The Balaban J connectivity index is 2.46. The second-order valence-corrected chi connectivity index (χ2v) is 4.76. The third-order valence-electron chi connectivity index (χ3n) is 3.24. The third kappa shape index (κ3) is 3.39. The van der Waals surface area contributed by atoms with Gasteiger partial charge in [-0.1, -0.05) is 55.5 Å². The summed E-state index contributed by atoms with van der Waals surface area (Å²) in [5.41, 5.74) is 11.6. The lowest BCUT2D eigenvalue weighted by Crippen LogP contribution is -1.90. The highest BCUT2D eigenvalue weighted by molar-refractivity contribution is 5.80. The first-order chi connectivity index (χ1) is 9.74. The van der Waals surface area contributed by atoms with Gasteiger partial charge in [-0.3, -0.25) is 0 Å². The van der Waals surface area contributed by atoms with Gasteiger partial charge in [0.05, 0.1) is 0 Å².